The number of rotatable bonds is 5. The van der Waals surface area contributed by atoms with Gasteiger partial charge in [-0.1, -0.05) is 12.1 Å². The van der Waals surface area contributed by atoms with Gasteiger partial charge in [-0.15, -0.1) is 0 Å². The quantitative estimate of drug-likeness (QED) is 0.537. The Morgan fingerprint density at radius 1 is 1.12 bits per heavy atom. The van der Waals surface area contributed by atoms with E-state index in [1.165, 1.54) is 19.2 Å². The summed E-state index contributed by atoms with van der Waals surface area (Å²) in [5.41, 5.74) is 9.72. The molecule has 0 bridgehead atoms. The largest absolute Gasteiger partial charge is 0.496 e. The SMILES string of the molecule is COc1ccc(-c2c(C#N)c(N)nc3c2CCCC3)cc1COc1cccc(C(F)(F)F)c1. The van der Waals surface area contributed by atoms with E-state index >= 15 is 0 Å². The molecule has 0 aliphatic heterocycles. The van der Waals surface area contributed by atoms with Gasteiger partial charge in [-0.05, 0) is 67.1 Å². The van der Waals surface area contributed by atoms with E-state index in [2.05, 4.69) is 11.1 Å². The first-order valence-electron chi connectivity index (χ1n) is 10.5. The maximum Gasteiger partial charge on any atom is 0.416 e. The van der Waals surface area contributed by atoms with Crippen LogP contribution in [0.1, 0.15) is 40.8 Å². The topological polar surface area (TPSA) is 81.2 Å². The molecular formula is C25H22F3N3O2. The molecule has 8 heteroatoms. The number of nitriles is 1. The van der Waals surface area contributed by atoms with Crippen molar-refractivity contribution in [3.63, 3.8) is 0 Å². The molecular weight excluding hydrogens is 431 g/mol. The number of nitrogens with zero attached hydrogens (tertiary/aromatic N) is 2. The molecule has 2 N–H and O–H groups in total. The highest BCUT2D eigenvalue weighted by Gasteiger charge is 2.30. The Balaban J connectivity index is 1.72. The molecule has 0 spiro atoms. The minimum atomic E-state index is -4.45. The minimum absolute atomic E-state index is 0.0109. The molecule has 1 aliphatic rings. The fourth-order valence-corrected chi connectivity index (χ4v) is 4.16. The molecule has 0 saturated heterocycles. The van der Waals surface area contributed by atoms with Crippen molar-refractivity contribution in [3.05, 3.63) is 70.4 Å². The lowest BCUT2D eigenvalue weighted by Crippen LogP contribution is -2.12. The Kier molecular flexibility index (Phi) is 6.14. The van der Waals surface area contributed by atoms with Crippen LogP contribution < -0.4 is 15.2 Å². The number of ether oxygens (including phenoxy) is 2. The first kappa shape index (κ1) is 22.5. The maximum atomic E-state index is 13.0. The monoisotopic (exact) mass is 453 g/mol. The fourth-order valence-electron chi connectivity index (χ4n) is 4.16. The molecule has 0 radical (unpaired) electrons. The standard InChI is InChI=1S/C25H22F3N3O2/c1-32-22-10-9-15(23-19-7-2-3-8-21(19)31-24(30)20(23)13-29)11-16(22)14-33-18-6-4-5-17(12-18)25(26,27)28/h4-6,9-12H,2-3,7-8,14H2,1H3,(H2,30,31). The summed E-state index contributed by atoms with van der Waals surface area (Å²) in [7, 11) is 1.51. The third kappa shape index (κ3) is 4.58. The number of halogens is 3. The van der Waals surface area contributed by atoms with Crippen LogP contribution in [0.3, 0.4) is 0 Å². The molecule has 170 valence electrons. The average Bonchev–Trinajstić information content (AvgIpc) is 2.81. The van der Waals surface area contributed by atoms with Crippen molar-refractivity contribution in [2.45, 2.75) is 38.5 Å². The normalized spacial score (nSPS) is 13.2. The van der Waals surface area contributed by atoms with Crippen molar-refractivity contribution >= 4 is 5.82 Å². The Morgan fingerprint density at radius 3 is 2.64 bits per heavy atom. The van der Waals surface area contributed by atoms with E-state index in [-0.39, 0.29) is 18.2 Å². The van der Waals surface area contributed by atoms with Crippen molar-refractivity contribution in [2.75, 3.05) is 12.8 Å². The van der Waals surface area contributed by atoms with E-state index in [1.807, 2.05) is 12.1 Å². The number of anilines is 1. The smallest absolute Gasteiger partial charge is 0.416 e. The fraction of sp³-hybridized carbons (Fsp3) is 0.280. The van der Waals surface area contributed by atoms with Crippen LogP contribution in [0.2, 0.25) is 0 Å². The average molecular weight is 453 g/mol. The summed E-state index contributed by atoms with van der Waals surface area (Å²) < 4.78 is 50.2. The van der Waals surface area contributed by atoms with Gasteiger partial charge in [-0.2, -0.15) is 18.4 Å². The van der Waals surface area contributed by atoms with Gasteiger partial charge in [-0.3, -0.25) is 0 Å². The van der Waals surface area contributed by atoms with Crippen LogP contribution in [0.25, 0.3) is 11.1 Å². The van der Waals surface area contributed by atoms with Gasteiger partial charge in [0.2, 0.25) is 0 Å². The number of pyridine rings is 1. The zero-order valence-electron chi connectivity index (χ0n) is 18.0. The highest BCUT2D eigenvalue weighted by Crippen LogP contribution is 2.38. The maximum absolute atomic E-state index is 13.0. The van der Waals surface area contributed by atoms with Gasteiger partial charge in [0.05, 0.1) is 12.7 Å². The highest BCUT2D eigenvalue weighted by molar-refractivity contribution is 5.80. The molecule has 0 fully saturated rings. The summed E-state index contributed by atoms with van der Waals surface area (Å²) in [5.74, 6) is 0.825. The number of hydrogen-bond acceptors (Lipinski definition) is 5. The summed E-state index contributed by atoms with van der Waals surface area (Å²) >= 11 is 0. The molecule has 0 atom stereocenters. The van der Waals surface area contributed by atoms with Crippen molar-refractivity contribution in [1.82, 2.24) is 4.98 Å². The molecule has 33 heavy (non-hydrogen) atoms. The van der Waals surface area contributed by atoms with Crippen LogP contribution in [0.4, 0.5) is 19.0 Å². The lowest BCUT2D eigenvalue weighted by molar-refractivity contribution is -0.137. The van der Waals surface area contributed by atoms with Crippen LogP contribution in [0.5, 0.6) is 11.5 Å². The Morgan fingerprint density at radius 2 is 1.91 bits per heavy atom. The lowest BCUT2D eigenvalue weighted by atomic mass is 9.86. The van der Waals surface area contributed by atoms with E-state index in [0.717, 1.165) is 60.2 Å². The van der Waals surface area contributed by atoms with E-state index < -0.39 is 11.7 Å². The lowest BCUT2D eigenvalue weighted by Gasteiger charge is -2.21. The van der Waals surface area contributed by atoms with Gasteiger partial charge in [-0.25, -0.2) is 4.98 Å². The molecule has 0 saturated carbocycles. The Labute approximate surface area is 189 Å². The molecule has 5 nitrogen and oxygen atoms in total. The number of benzene rings is 2. The van der Waals surface area contributed by atoms with E-state index in [4.69, 9.17) is 15.2 Å². The van der Waals surface area contributed by atoms with E-state index in [1.54, 1.807) is 6.07 Å². The summed E-state index contributed by atoms with van der Waals surface area (Å²) in [6.45, 7) is -0.0109. The first-order chi connectivity index (χ1) is 15.8. The van der Waals surface area contributed by atoms with Crippen LogP contribution in [0, 0.1) is 11.3 Å². The second-order valence-electron chi connectivity index (χ2n) is 7.83. The van der Waals surface area contributed by atoms with Gasteiger partial charge in [0.25, 0.3) is 0 Å². The number of hydrogen-bond donors (Lipinski definition) is 1. The number of nitrogens with two attached hydrogens (primary N) is 1. The molecule has 2 aromatic carbocycles. The number of alkyl halides is 3. The minimum Gasteiger partial charge on any atom is -0.496 e. The zero-order chi connectivity index (χ0) is 23.6. The highest BCUT2D eigenvalue weighted by atomic mass is 19.4. The van der Waals surface area contributed by atoms with Crippen LogP contribution in [-0.2, 0) is 25.6 Å². The molecule has 1 aromatic heterocycles. The van der Waals surface area contributed by atoms with Crippen molar-refractivity contribution < 1.29 is 22.6 Å². The van der Waals surface area contributed by atoms with Crippen molar-refractivity contribution in [2.24, 2.45) is 0 Å². The van der Waals surface area contributed by atoms with Gasteiger partial charge in [0.15, 0.2) is 0 Å². The van der Waals surface area contributed by atoms with Crippen molar-refractivity contribution in [1.29, 1.82) is 5.26 Å². The van der Waals surface area contributed by atoms with E-state index in [9.17, 15) is 18.4 Å². The molecule has 0 amide bonds. The summed E-state index contributed by atoms with van der Waals surface area (Å²) in [5, 5.41) is 9.76. The number of methoxy groups -OCH3 is 1. The molecule has 4 rings (SSSR count). The molecule has 3 aromatic rings. The Hall–Kier alpha value is -3.73. The van der Waals surface area contributed by atoms with Gasteiger partial charge < -0.3 is 15.2 Å². The third-order valence-corrected chi connectivity index (χ3v) is 5.74. The Bertz CT molecular complexity index is 1230. The van der Waals surface area contributed by atoms with Gasteiger partial charge in [0, 0.05) is 16.8 Å². The van der Waals surface area contributed by atoms with E-state index in [0.29, 0.717) is 16.9 Å². The van der Waals surface area contributed by atoms with Gasteiger partial charge >= 0.3 is 6.18 Å². The number of aryl methyl sites for hydroxylation is 1. The number of nitrogen functional groups attached to an aromatic ring is 1. The van der Waals surface area contributed by atoms with Crippen LogP contribution in [-0.4, -0.2) is 12.1 Å². The zero-order valence-corrected chi connectivity index (χ0v) is 18.0. The predicted molar refractivity (Wildman–Crippen MR) is 118 cm³/mol. The summed E-state index contributed by atoms with van der Waals surface area (Å²) in [6.07, 6.45) is -0.832. The molecule has 1 aliphatic carbocycles. The second kappa shape index (κ2) is 9.02. The summed E-state index contributed by atoms with van der Waals surface area (Å²) in [6, 6.07) is 12.3. The molecule has 0 unspecified atom stereocenters. The van der Waals surface area contributed by atoms with Gasteiger partial charge in [0.1, 0.15) is 35.6 Å². The number of aromatic nitrogens is 1. The predicted octanol–water partition coefficient (Wildman–Crippen LogP) is 5.69. The van der Waals surface area contributed by atoms with Crippen LogP contribution >= 0.6 is 0 Å². The summed E-state index contributed by atoms with van der Waals surface area (Å²) in [4.78, 5) is 4.44. The first-order valence-corrected chi connectivity index (χ1v) is 10.5. The van der Waals surface area contributed by atoms with Crippen molar-refractivity contribution in [3.8, 4) is 28.7 Å². The third-order valence-electron chi connectivity index (χ3n) is 5.74. The molecule has 1 heterocycles. The number of fused-ring (bicyclic) bond motifs is 1. The second-order valence-corrected chi connectivity index (χ2v) is 7.83. The van der Waals surface area contributed by atoms with Crippen LogP contribution in [0.15, 0.2) is 42.5 Å².